The van der Waals surface area contributed by atoms with Crippen LogP contribution in [0.1, 0.15) is 15.9 Å². The number of hydrogen-bond acceptors (Lipinski definition) is 3. The molecule has 0 radical (unpaired) electrons. The van der Waals surface area contributed by atoms with Crippen molar-refractivity contribution in [3.63, 3.8) is 0 Å². The number of carbonyl (C=O) groups excluding carboxylic acids is 1. The molecule has 0 saturated heterocycles. The average Bonchev–Trinajstić information content (AvgIpc) is 2.45. The van der Waals surface area contributed by atoms with E-state index in [2.05, 4.69) is 21.2 Å². The monoisotopic (exact) mass is 422 g/mol. The van der Waals surface area contributed by atoms with Gasteiger partial charge in [-0.25, -0.2) is 13.6 Å². The summed E-state index contributed by atoms with van der Waals surface area (Å²) in [5.41, 5.74) is -1.08. The number of alkyl halides is 3. The zero-order valence-electron chi connectivity index (χ0n) is 11.8. The summed E-state index contributed by atoms with van der Waals surface area (Å²) in [7, 11) is -4.02. The second kappa shape index (κ2) is 6.54. The fourth-order valence-electron chi connectivity index (χ4n) is 1.83. The summed E-state index contributed by atoms with van der Waals surface area (Å²) in [4.78, 5) is 11.9. The second-order valence-corrected chi connectivity index (χ2v) is 7.14. The summed E-state index contributed by atoms with van der Waals surface area (Å²) >= 11 is 3.08. The predicted octanol–water partition coefficient (Wildman–Crippen LogP) is 3.37. The van der Waals surface area contributed by atoms with E-state index in [-0.39, 0.29) is 20.6 Å². The van der Waals surface area contributed by atoms with Gasteiger partial charge in [0, 0.05) is 10.2 Å². The molecule has 0 aromatic heterocycles. The minimum atomic E-state index is -4.55. The molecule has 0 spiro atoms. The molecule has 0 unspecified atom stereocenters. The molecule has 1 amide bonds. The summed E-state index contributed by atoms with van der Waals surface area (Å²) in [5, 5.41) is 7.28. The lowest BCUT2D eigenvalue weighted by Gasteiger charge is -2.11. The van der Waals surface area contributed by atoms with Crippen LogP contribution in [0.3, 0.4) is 0 Å². The third-order valence-electron chi connectivity index (χ3n) is 2.96. The minimum absolute atomic E-state index is 0.0808. The van der Waals surface area contributed by atoms with E-state index in [0.717, 1.165) is 24.3 Å². The Balaban J connectivity index is 2.34. The van der Waals surface area contributed by atoms with Crippen LogP contribution in [0, 0.1) is 0 Å². The van der Waals surface area contributed by atoms with Crippen molar-refractivity contribution in [3.05, 3.63) is 58.1 Å². The number of anilines is 1. The van der Waals surface area contributed by atoms with Gasteiger partial charge in [-0.15, -0.1) is 0 Å². The summed E-state index contributed by atoms with van der Waals surface area (Å²) in [6, 6.07) is 7.60. The highest BCUT2D eigenvalue weighted by Crippen LogP contribution is 2.31. The number of sulfonamides is 1. The van der Waals surface area contributed by atoms with Gasteiger partial charge in [0.1, 0.15) is 0 Å². The highest BCUT2D eigenvalue weighted by Gasteiger charge is 2.30. The molecule has 2 aromatic carbocycles. The number of nitrogens with one attached hydrogen (secondary N) is 1. The number of rotatable bonds is 3. The van der Waals surface area contributed by atoms with E-state index in [9.17, 15) is 26.4 Å². The lowest BCUT2D eigenvalue weighted by molar-refractivity contribution is -0.137. The van der Waals surface area contributed by atoms with Gasteiger partial charge in [-0.1, -0.05) is 6.07 Å². The average molecular weight is 423 g/mol. The Morgan fingerprint density at radius 3 is 2.38 bits per heavy atom. The number of benzene rings is 2. The van der Waals surface area contributed by atoms with Gasteiger partial charge in [0.2, 0.25) is 10.0 Å². The lowest BCUT2D eigenvalue weighted by atomic mass is 10.1. The van der Waals surface area contributed by atoms with Gasteiger partial charge in [-0.05, 0) is 52.3 Å². The highest BCUT2D eigenvalue weighted by atomic mass is 79.9. The molecule has 10 heteroatoms. The Kier molecular flexibility index (Phi) is 5.02. The number of nitrogens with two attached hydrogens (primary N) is 1. The van der Waals surface area contributed by atoms with Gasteiger partial charge in [0.05, 0.1) is 16.0 Å². The van der Waals surface area contributed by atoms with Gasteiger partial charge < -0.3 is 5.32 Å². The Labute approximate surface area is 143 Å². The minimum Gasteiger partial charge on any atom is -0.322 e. The van der Waals surface area contributed by atoms with Crippen molar-refractivity contribution >= 4 is 37.5 Å². The van der Waals surface area contributed by atoms with Crippen molar-refractivity contribution in [1.29, 1.82) is 0 Å². The van der Waals surface area contributed by atoms with Gasteiger partial charge in [-0.2, -0.15) is 13.2 Å². The normalized spacial score (nSPS) is 12.0. The summed E-state index contributed by atoms with van der Waals surface area (Å²) in [5.74, 6) is -0.785. The Hall–Kier alpha value is -1.91. The number of amides is 1. The third-order valence-corrected chi connectivity index (χ3v) is 4.56. The van der Waals surface area contributed by atoms with Crippen molar-refractivity contribution in [1.82, 2.24) is 0 Å². The highest BCUT2D eigenvalue weighted by molar-refractivity contribution is 9.10. The first kappa shape index (κ1) is 18.4. The molecule has 3 N–H and O–H groups in total. The maximum atomic E-state index is 12.7. The standard InChI is InChI=1S/C14H10BrF3N2O3S/c15-12-5-4-10(24(19,22)23)7-11(12)13(21)20-9-3-1-2-8(6-9)14(16,17)18/h1-7H,(H,20,21)(H2,19,22,23). The molecule has 128 valence electrons. The zero-order chi connectivity index (χ0) is 18.1. The molecule has 0 atom stereocenters. The van der Waals surface area contributed by atoms with Crippen molar-refractivity contribution in [2.24, 2.45) is 5.14 Å². The first-order valence-corrected chi connectivity index (χ1v) is 8.63. The van der Waals surface area contributed by atoms with Crippen LogP contribution in [0.5, 0.6) is 0 Å². The molecular weight excluding hydrogens is 413 g/mol. The van der Waals surface area contributed by atoms with Crippen LogP contribution in [0.2, 0.25) is 0 Å². The van der Waals surface area contributed by atoms with Crippen LogP contribution in [-0.4, -0.2) is 14.3 Å². The van der Waals surface area contributed by atoms with Crippen molar-refractivity contribution < 1.29 is 26.4 Å². The second-order valence-electron chi connectivity index (χ2n) is 4.72. The van der Waals surface area contributed by atoms with E-state index in [1.165, 1.54) is 18.2 Å². The van der Waals surface area contributed by atoms with Crippen LogP contribution in [0.25, 0.3) is 0 Å². The van der Waals surface area contributed by atoms with E-state index in [1.807, 2.05) is 0 Å². The first-order valence-electron chi connectivity index (χ1n) is 6.29. The van der Waals surface area contributed by atoms with Gasteiger partial charge in [-0.3, -0.25) is 4.79 Å². The topological polar surface area (TPSA) is 89.3 Å². The van der Waals surface area contributed by atoms with Crippen LogP contribution >= 0.6 is 15.9 Å². The van der Waals surface area contributed by atoms with Crippen LogP contribution in [0.15, 0.2) is 51.8 Å². The molecule has 0 bridgehead atoms. The van der Waals surface area contributed by atoms with Gasteiger partial charge in [0.25, 0.3) is 5.91 Å². The quantitative estimate of drug-likeness (QED) is 0.794. The molecule has 0 saturated carbocycles. The number of carbonyl (C=O) groups is 1. The molecule has 2 rings (SSSR count). The van der Waals surface area contributed by atoms with Crippen molar-refractivity contribution in [2.75, 3.05) is 5.32 Å². The molecule has 0 aliphatic rings. The predicted molar refractivity (Wildman–Crippen MR) is 84.9 cm³/mol. The smallest absolute Gasteiger partial charge is 0.322 e. The SMILES string of the molecule is NS(=O)(=O)c1ccc(Br)c(C(=O)Nc2cccc(C(F)(F)F)c2)c1. The number of halogens is 4. The fraction of sp³-hybridized carbons (Fsp3) is 0.0714. The maximum Gasteiger partial charge on any atom is 0.416 e. The molecule has 24 heavy (non-hydrogen) atoms. The van der Waals surface area contributed by atoms with Gasteiger partial charge >= 0.3 is 6.18 Å². The summed E-state index contributed by atoms with van der Waals surface area (Å²) in [6.07, 6.45) is -4.55. The Morgan fingerprint density at radius 2 is 1.79 bits per heavy atom. The Bertz CT molecular complexity index is 898. The summed E-state index contributed by atoms with van der Waals surface area (Å²) < 4.78 is 61.0. The molecular formula is C14H10BrF3N2O3S. The van der Waals surface area contributed by atoms with E-state index in [0.29, 0.717) is 0 Å². The van der Waals surface area contributed by atoms with Crippen LogP contribution in [0.4, 0.5) is 18.9 Å². The molecule has 2 aromatic rings. The molecule has 0 heterocycles. The van der Waals surface area contributed by atoms with E-state index < -0.39 is 27.7 Å². The van der Waals surface area contributed by atoms with Crippen LogP contribution in [-0.2, 0) is 16.2 Å². The Morgan fingerprint density at radius 1 is 1.12 bits per heavy atom. The van der Waals surface area contributed by atoms with Crippen molar-refractivity contribution in [2.45, 2.75) is 11.1 Å². The molecule has 0 aliphatic carbocycles. The molecule has 0 aliphatic heterocycles. The third kappa shape index (κ3) is 4.34. The van der Waals surface area contributed by atoms with E-state index >= 15 is 0 Å². The summed E-state index contributed by atoms with van der Waals surface area (Å²) in [6.45, 7) is 0. The van der Waals surface area contributed by atoms with E-state index in [1.54, 1.807) is 0 Å². The first-order chi connectivity index (χ1) is 11.0. The number of hydrogen-bond donors (Lipinski definition) is 2. The molecule has 5 nitrogen and oxygen atoms in total. The largest absolute Gasteiger partial charge is 0.416 e. The number of primary sulfonamides is 1. The zero-order valence-corrected chi connectivity index (χ0v) is 14.2. The van der Waals surface area contributed by atoms with Crippen LogP contribution < -0.4 is 10.5 Å². The molecule has 0 fully saturated rings. The maximum absolute atomic E-state index is 12.7. The fourth-order valence-corrected chi connectivity index (χ4v) is 2.79. The lowest BCUT2D eigenvalue weighted by Crippen LogP contribution is -2.16. The van der Waals surface area contributed by atoms with Crippen molar-refractivity contribution in [3.8, 4) is 0 Å². The van der Waals surface area contributed by atoms with Gasteiger partial charge in [0.15, 0.2) is 0 Å². The van der Waals surface area contributed by atoms with E-state index in [4.69, 9.17) is 5.14 Å².